The molecule has 34 heavy (non-hydrogen) atoms. The summed E-state index contributed by atoms with van der Waals surface area (Å²) < 4.78 is 53.8. The minimum absolute atomic E-state index is 0.0830. The molecule has 1 N–H and O–H groups in total. The van der Waals surface area contributed by atoms with Gasteiger partial charge in [0.25, 0.3) is 0 Å². The van der Waals surface area contributed by atoms with Crippen molar-refractivity contribution in [2.75, 3.05) is 20.3 Å². The number of hydrogen-bond acceptors (Lipinski definition) is 7. The van der Waals surface area contributed by atoms with Crippen LogP contribution in [0.1, 0.15) is 32.8 Å². The highest BCUT2D eigenvalue weighted by Gasteiger charge is 2.23. The number of carbonyl (C=O) groups excluding carboxylic acids is 2. The quantitative estimate of drug-likeness (QED) is 0.375. The summed E-state index contributed by atoms with van der Waals surface area (Å²) in [6.45, 7) is 5.48. The summed E-state index contributed by atoms with van der Waals surface area (Å²) in [6.07, 6.45) is 0.644. The van der Waals surface area contributed by atoms with Gasteiger partial charge in [-0.3, -0.25) is 4.79 Å². The lowest BCUT2D eigenvalue weighted by Gasteiger charge is -2.29. The summed E-state index contributed by atoms with van der Waals surface area (Å²) >= 11 is 0. The molecule has 0 spiro atoms. The number of benzene rings is 2. The number of hydrogen-bond donors (Lipinski definition) is 1. The average molecular weight is 497 g/mol. The molecule has 0 radical (unpaired) electrons. The molecule has 0 bridgehead atoms. The summed E-state index contributed by atoms with van der Waals surface area (Å²) in [6, 6.07) is 8.22. The standard InChI is InChI=1S/C23H29FN2O7S/c1-5-16(3)26(23(28)25-14-22(27)32-6-2)15-17-7-12-20(31-4)21(13-17)33-34(29,30)19-10-8-18(24)9-11-19/h7-13,16H,5-6,14-15H2,1-4H3,(H,25,28). The molecule has 0 saturated carbocycles. The van der Waals surface area contributed by atoms with Crippen LogP contribution in [0.3, 0.4) is 0 Å². The molecule has 2 aromatic rings. The topological polar surface area (TPSA) is 111 Å². The second-order valence-electron chi connectivity index (χ2n) is 7.33. The summed E-state index contributed by atoms with van der Waals surface area (Å²) in [5.74, 6) is -1.05. The van der Waals surface area contributed by atoms with E-state index in [1.54, 1.807) is 13.0 Å². The number of amides is 2. The van der Waals surface area contributed by atoms with Gasteiger partial charge in [0, 0.05) is 12.6 Å². The van der Waals surface area contributed by atoms with Crippen LogP contribution in [-0.4, -0.2) is 51.6 Å². The van der Waals surface area contributed by atoms with Crippen LogP contribution >= 0.6 is 0 Å². The molecule has 2 rings (SSSR count). The number of methoxy groups -OCH3 is 1. The number of nitrogens with one attached hydrogen (secondary N) is 1. The van der Waals surface area contributed by atoms with Crippen molar-refractivity contribution < 1.29 is 36.1 Å². The van der Waals surface area contributed by atoms with Gasteiger partial charge in [0.05, 0.1) is 13.7 Å². The zero-order chi connectivity index (χ0) is 25.3. The van der Waals surface area contributed by atoms with Gasteiger partial charge in [-0.25, -0.2) is 9.18 Å². The van der Waals surface area contributed by atoms with Gasteiger partial charge in [0.1, 0.15) is 17.3 Å². The van der Waals surface area contributed by atoms with Gasteiger partial charge in [0.15, 0.2) is 11.5 Å². The Morgan fingerprint density at radius 1 is 1.09 bits per heavy atom. The van der Waals surface area contributed by atoms with Crippen molar-refractivity contribution in [1.82, 2.24) is 10.2 Å². The summed E-state index contributed by atoms with van der Waals surface area (Å²) in [7, 11) is -2.90. The lowest BCUT2D eigenvalue weighted by molar-refractivity contribution is -0.141. The molecule has 1 atom stereocenters. The molecule has 2 aromatic carbocycles. The second-order valence-corrected chi connectivity index (χ2v) is 8.87. The summed E-state index contributed by atoms with van der Waals surface area (Å²) in [5, 5.41) is 2.53. The highest BCUT2D eigenvalue weighted by Crippen LogP contribution is 2.31. The summed E-state index contributed by atoms with van der Waals surface area (Å²) in [4.78, 5) is 25.6. The first-order valence-corrected chi connectivity index (χ1v) is 12.1. The highest BCUT2D eigenvalue weighted by molar-refractivity contribution is 7.87. The van der Waals surface area contributed by atoms with E-state index in [-0.39, 0.29) is 42.1 Å². The molecule has 11 heteroatoms. The van der Waals surface area contributed by atoms with E-state index in [0.29, 0.717) is 12.0 Å². The van der Waals surface area contributed by atoms with Crippen LogP contribution in [0.15, 0.2) is 47.4 Å². The Bertz CT molecular complexity index is 1090. The van der Waals surface area contributed by atoms with Crippen molar-refractivity contribution in [1.29, 1.82) is 0 Å². The normalized spacial score (nSPS) is 11.9. The van der Waals surface area contributed by atoms with Crippen LogP contribution in [-0.2, 0) is 26.2 Å². The minimum atomic E-state index is -4.26. The van der Waals surface area contributed by atoms with Crippen LogP contribution in [0.2, 0.25) is 0 Å². The third-order valence-corrected chi connectivity index (χ3v) is 6.20. The van der Waals surface area contributed by atoms with Crippen molar-refractivity contribution in [2.24, 2.45) is 0 Å². The molecule has 0 aromatic heterocycles. The van der Waals surface area contributed by atoms with Crippen LogP contribution in [0.4, 0.5) is 9.18 Å². The SMILES string of the molecule is CCOC(=O)CNC(=O)N(Cc1ccc(OC)c(OS(=O)(=O)c2ccc(F)cc2)c1)C(C)CC. The van der Waals surface area contributed by atoms with E-state index in [4.69, 9.17) is 13.7 Å². The largest absolute Gasteiger partial charge is 0.493 e. The lowest BCUT2D eigenvalue weighted by Crippen LogP contribution is -2.46. The van der Waals surface area contributed by atoms with Gasteiger partial charge in [0.2, 0.25) is 0 Å². The third-order valence-electron chi connectivity index (χ3n) is 4.96. The Kier molecular flexibility index (Phi) is 9.67. The smallest absolute Gasteiger partial charge is 0.339 e. The van der Waals surface area contributed by atoms with E-state index in [0.717, 1.165) is 24.3 Å². The Morgan fingerprint density at radius 3 is 2.35 bits per heavy atom. The van der Waals surface area contributed by atoms with E-state index in [1.807, 2.05) is 13.8 Å². The zero-order valence-electron chi connectivity index (χ0n) is 19.5. The highest BCUT2D eigenvalue weighted by atomic mass is 32.2. The molecule has 0 aliphatic heterocycles. The predicted octanol–water partition coefficient (Wildman–Crippen LogP) is 3.48. The third kappa shape index (κ3) is 7.34. The maximum atomic E-state index is 13.2. The van der Waals surface area contributed by atoms with Crippen LogP contribution < -0.4 is 14.2 Å². The Hall–Kier alpha value is -3.34. The van der Waals surface area contributed by atoms with Crippen molar-refractivity contribution in [3.8, 4) is 11.5 Å². The molecule has 2 amide bonds. The number of nitrogens with zero attached hydrogens (tertiary/aromatic N) is 1. The molecular formula is C23H29FN2O7S. The van der Waals surface area contributed by atoms with Crippen molar-refractivity contribution >= 4 is 22.1 Å². The van der Waals surface area contributed by atoms with Gasteiger partial charge < -0.3 is 23.9 Å². The van der Waals surface area contributed by atoms with E-state index in [9.17, 15) is 22.4 Å². The van der Waals surface area contributed by atoms with Crippen LogP contribution in [0.5, 0.6) is 11.5 Å². The molecule has 0 aliphatic rings. The molecular weight excluding hydrogens is 467 g/mol. The van der Waals surface area contributed by atoms with Crippen LogP contribution in [0, 0.1) is 5.82 Å². The first-order valence-electron chi connectivity index (χ1n) is 10.7. The first-order chi connectivity index (χ1) is 16.1. The van der Waals surface area contributed by atoms with Gasteiger partial charge in [-0.15, -0.1) is 0 Å². The number of halogens is 1. The monoisotopic (exact) mass is 496 g/mol. The van der Waals surface area contributed by atoms with Crippen molar-refractivity contribution in [3.63, 3.8) is 0 Å². The fourth-order valence-corrected chi connectivity index (χ4v) is 3.89. The molecule has 0 aliphatic carbocycles. The molecule has 9 nitrogen and oxygen atoms in total. The second kappa shape index (κ2) is 12.2. The van der Waals surface area contributed by atoms with Gasteiger partial charge in [-0.1, -0.05) is 13.0 Å². The van der Waals surface area contributed by atoms with Crippen molar-refractivity contribution in [2.45, 2.75) is 44.7 Å². The fraction of sp³-hybridized carbons (Fsp3) is 0.391. The first kappa shape index (κ1) is 26.9. The number of urea groups is 1. The molecule has 186 valence electrons. The molecule has 0 heterocycles. The molecule has 0 fully saturated rings. The van der Waals surface area contributed by atoms with E-state index in [2.05, 4.69) is 5.32 Å². The number of rotatable bonds is 11. The number of esters is 1. The van der Waals surface area contributed by atoms with Gasteiger partial charge >= 0.3 is 22.1 Å². The predicted molar refractivity (Wildman–Crippen MR) is 123 cm³/mol. The Balaban J connectivity index is 2.26. The van der Waals surface area contributed by atoms with E-state index in [1.165, 1.54) is 24.1 Å². The van der Waals surface area contributed by atoms with Crippen molar-refractivity contribution in [3.05, 3.63) is 53.8 Å². The van der Waals surface area contributed by atoms with E-state index >= 15 is 0 Å². The van der Waals surface area contributed by atoms with E-state index < -0.39 is 27.9 Å². The maximum absolute atomic E-state index is 13.2. The maximum Gasteiger partial charge on any atom is 0.339 e. The lowest BCUT2D eigenvalue weighted by atomic mass is 10.1. The molecule has 1 unspecified atom stereocenters. The Morgan fingerprint density at radius 2 is 1.76 bits per heavy atom. The fourth-order valence-electron chi connectivity index (χ4n) is 2.96. The van der Waals surface area contributed by atoms with Gasteiger partial charge in [-0.05, 0) is 62.2 Å². The Labute approximate surface area is 198 Å². The molecule has 0 saturated heterocycles. The zero-order valence-corrected chi connectivity index (χ0v) is 20.4. The number of carbonyl (C=O) groups is 2. The number of ether oxygens (including phenoxy) is 2. The van der Waals surface area contributed by atoms with Gasteiger partial charge in [-0.2, -0.15) is 8.42 Å². The minimum Gasteiger partial charge on any atom is -0.493 e. The average Bonchev–Trinajstić information content (AvgIpc) is 2.81. The summed E-state index contributed by atoms with van der Waals surface area (Å²) in [5.41, 5.74) is 0.566. The van der Waals surface area contributed by atoms with Crippen LogP contribution in [0.25, 0.3) is 0 Å².